The van der Waals surface area contributed by atoms with Crippen LogP contribution in [0.2, 0.25) is 0 Å². The van der Waals surface area contributed by atoms with Crippen LogP contribution in [0.25, 0.3) is 5.69 Å². The fourth-order valence-corrected chi connectivity index (χ4v) is 4.10. The maximum absolute atomic E-state index is 2.44. The summed E-state index contributed by atoms with van der Waals surface area (Å²) in [6.45, 7) is 6.85. The van der Waals surface area contributed by atoms with Crippen LogP contribution < -0.4 is 4.57 Å². The van der Waals surface area contributed by atoms with E-state index in [-0.39, 0.29) is 0 Å². The minimum Gasteiger partial charge on any atom is -0.232 e. The largest absolute Gasteiger partial charge is 0.261 e. The van der Waals surface area contributed by atoms with E-state index in [0.29, 0.717) is 6.04 Å². The molecular weight excluding hydrogens is 340 g/mol. The number of para-hydroxylation sites is 1. The fourth-order valence-electron chi connectivity index (χ4n) is 4.10. The number of imidazole rings is 1. The summed E-state index contributed by atoms with van der Waals surface area (Å²) in [6.07, 6.45) is 22.5. The van der Waals surface area contributed by atoms with Crippen molar-refractivity contribution >= 4 is 0 Å². The van der Waals surface area contributed by atoms with Crippen molar-refractivity contribution in [2.24, 2.45) is 0 Å². The second kappa shape index (κ2) is 13.6. The van der Waals surface area contributed by atoms with Crippen LogP contribution in [0.3, 0.4) is 0 Å². The molecular formula is C26H43N2+. The van der Waals surface area contributed by atoms with Crippen LogP contribution in [-0.4, -0.2) is 4.57 Å². The number of rotatable bonds is 15. The number of nitrogens with zero attached hydrogens (tertiary/aromatic N) is 2. The van der Waals surface area contributed by atoms with Crippen molar-refractivity contribution in [1.29, 1.82) is 0 Å². The lowest BCUT2D eigenvalue weighted by molar-refractivity contribution is -0.722. The zero-order valence-electron chi connectivity index (χ0n) is 18.7. The van der Waals surface area contributed by atoms with Crippen molar-refractivity contribution in [3.05, 3.63) is 48.5 Å². The van der Waals surface area contributed by atoms with Gasteiger partial charge in [-0.25, -0.2) is 4.57 Å². The molecule has 0 N–H and O–H groups in total. The third kappa shape index (κ3) is 7.81. The molecule has 0 aliphatic heterocycles. The zero-order valence-corrected chi connectivity index (χ0v) is 18.7. The van der Waals surface area contributed by atoms with Gasteiger partial charge < -0.3 is 0 Å². The maximum atomic E-state index is 2.44. The van der Waals surface area contributed by atoms with E-state index in [1.54, 1.807) is 0 Å². The normalized spacial score (nSPS) is 11.4. The average molecular weight is 384 g/mol. The van der Waals surface area contributed by atoms with E-state index in [4.69, 9.17) is 0 Å². The summed E-state index contributed by atoms with van der Waals surface area (Å²) in [7, 11) is 0. The Morgan fingerprint density at radius 1 is 0.750 bits per heavy atom. The van der Waals surface area contributed by atoms with Crippen molar-refractivity contribution in [2.75, 3.05) is 0 Å². The van der Waals surface area contributed by atoms with E-state index in [1.165, 1.54) is 88.6 Å². The van der Waals surface area contributed by atoms with Gasteiger partial charge in [0.1, 0.15) is 18.1 Å². The molecule has 0 unspecified atom stereocenters. The molecule has 0 aliphatic rings. The van der Waals surface area contributed by atoms with Crippen LogP contribution in [0, 0.1) is 0 Å². The summed E-state index contributed by atoms with van der Waals surface area (Å²) >= 11 is 0. The van der Waals surface area contributed by atoms with Crippen LogP contribution in [-0.2, 0) is 6.42 Å². The topological polar surface area (TPSA) is 8.81 Å². The molecule has 0 fully saturated rings. The summed E-state index contributed by atoms with van der Waals surface area (Å²) in [4.78, 5) is 0. The molecule has 156 valence electrons. The smallest absolute Gasteiger partial charge is 0.232 e. The highest BCUT2D eigenvalue weighted by Crippen LogP contribution is 2.15. The molecule has 0 spiro atoms. The molecule has 1 aromatic heterocycles. The lowest BCUT2D eigenvalue weighted by Gasteiger charge is -2.08. The second-order valence-electron chi connectivity index (χ2n) is 8.56. The Balaban J connectivity index is 1.67. The molecule has 28 heavy (non-hydrogen) atoms. The van der Waals surface area contributed by atoms with E-state index in [9.17, 15) is 0 Å². The summed E-state index contributed by atoms with van der Waals surface area (Å²) in [6, 6.07) is 11.3. The Hall–Kier alpha value is -1.57. The van der Waals surface area contributed by atoms with Gasteiger partial charge in [-0.1, -0.05) is 95.8 Å². The van der Waals surface area contributed by atoms with Gasteiger partial charge in [0.25, 0.3) is 5.82 Å². The highest BCUT2D eigenvalue weighted by atomic mass is 15.2. The van der Waals surface area contributed by atoms with Crippen molar-refractivity contribution in [3.8, 4) is 5.69 Å². The van der Waals surface area contributed by atoms with Gasteiger partial charge in [-0.15, -0.1) is 0 Å². The first kappa shape index (κ1) is 22.7. The summed E-state index contributed by atoms with van der Waals surface area (Å²) in [5.74, 6) is 1.44. The third-order valence-corrected chi connectivity index (χ3v) is 5.80. The fraction of sp³-hybridized carbons (Fsp3) is 0.654. The van der Waals surface area contributed by atoms with Crippen LogP contribution in [0.4, 0.5) is 0 Å². The Bertz CT molecular complexity index is 627. The van der Waals surface area contributed by atoms with Crippen molar-refractivity contribution < 1.29 is 4.57 Å². The molecule has 0 saturated heterocycles. The Kier molecular flexibility index (Phi) is 11.0. The predicted octanol–water partition coefficient (Wildman–Crippen LogP) is 7.59. The van der Waals surface area contributed by atoms with E-state index in [1.807, 2.05) is 0 Å². The highest BCUT2D eigenvalue weighted by molar-refractivity contribution is 5.31. The van der Waals surface area contributed by atoms with Gasteiger partial charge in [-0.05, 0) is 32.4 Å². The molecule has 0 saturated carbocycles. The lowest BCUT2D eigenvalue weighted by atomic mass is 10.0. The average Bonchev–Trinajstić information content (AvgIpc) is 3.13. The highest BCUT2D eigenvalue weighted by Gasteiger charge is 2.20. The Labute approximate surface area is 174 Å². The zero-order chi connectivity index (χ0) is 20.0. The first-order chi connectivity index (χ1) is 13.7. The molecule has 0 bridgehead atoms. The molecule has 2 heteroatoms. The maximum Gasteiger partial charge on any atom is 0.261 e. The number of hydrogen-bond acceptors (Lipinski definition) is 0. The van der Waals surface area contributed by atoms with Crippen molar-refractivity contribution in [2.45, 2.75) is 110 Å². The molecule has 1 heterocycles. The van der Waals surface area contributed by atoms with Gasteiger partial charge in [0.15, 0.2) is 0 Å². The van der Waals surface area contributed by atoms with Crippen LogP contribution in [0.15, 0.2) is 42.7 Å². The molecule has 2 nitrogen and oxygen atoms in total. The van der Waals surface area contributed by atoms with Gasteiger partial charge in [-0.2, -0.15) is 4.57 Å². The van der Waals surface area contributed by atoms with E-state index < -0.39 is 0 Å². The molecule has 0 aliphatic carbocycles. The molecule has 1 aromatic carbocycles. The molecule has 0 atom stereocenters. The molecule has 0 amide bonds. The molecule has 0 radical (unpaired) electrons. The number of hydrogen-bond donors (Lipinski definition) is 0. The SMILES string of the molecule is CCCCCCCCCCCCCCc1n(-c2ccccc2)cc[n+]1C(C)C. The minimum atomic E-state index is 0.511. The standard InChI is InChI=1S/C26H43N2/c1-4-5-6-7-8-9-10-11-12-13-14-18-21-26-27(24(2)3)22-23-28(26)25-19-16-15-17-20-25/h15-17,19-20,22-24H,4-14,18,21H2,1-3H3/q+1. The van der Waals surface area contributed by atoms with Crippen LogP contribution in [0.1, 0.15) is 110 Å². The van der Waals surface area contributed by atoms with Gasteiger partial charge in [0.2, 0.25) is 0 Å². The predicted molar refractivity (Wildman–Crippen MR) is 121 cm³/mol. The van der Waals surface area contributed by atoms with Gasteiger partial charge in [0.05, 0.1) is 6.04 Å². The summed E-state index contributed by atoms with van der Waals surface area (Å²) < 4.78 is 4.81. The van der Waals surface area contributed by atoms with E-state index >= 15 is 0 Å². The first-order valence-corrected chi connectivity index (χ1v) is 11.9. The van der Waals surface area contributed by atoms with E-state index in [0.717, 1.165) is 6.42 Å². The summed E-state index contributed by atoms with van der Waals surface area (Å²) in [5, 5.41) is 0. The minimum absolute atomic E-state index is 0.511. The lowest BCUT2D eigenvalue weighted by Crippen LogP contribution is -2.39. The second-order valence-corrected chi connectivity index (χ2v) is 8.56. The van der Waals surface area contributed by atoms with E-state index in [2.05, 4.69) is 72.6 Å². The quantitative estimate of drug-likeness (QED) is 0.221. The Morgan fingerprint density at radius 3 is 1.82 bits per heavy atom. The number of aromatic nitrogens is 2. The molecule has 2 aromatic rings. The van der Waals surface area contributed by atoms with Crippen molar-refractivity contribution in [3.63, 3.8) is 0 Å². The van der Waals surface area contributed by atoms with Crippen LogP contribution in [0.5, 0.6) is 0 Å². The van der Waals surface area contributed by atoms with Gasteiger partial charge in [-0.3, -0.25) is 0 Å². The first-order valence-electron chi connectivity index (χ1n) is 11.9. The van der Waals surface area contributed by atoms with Crippen LogP contribution >= 0.6 is 0 Å². The van der Waals surface area contributed by atoms with Crippen molar-refractivity contribution in [1.82, 2.24) is 4.57 Å². The monoisotopic (exact) mass is 383 g/mol. The number of benzene rings is 1. The number of unbranched alkanes of at least 4 members (excludes halogenated alkanes) is 11. The summed E-state index contributed by atoms with van der Waals surface area (Å²) in [5.41, 5.74) is 1.27. The van der Waals surface area contributed by atoms with Gasteiger partial charge >= 0.3 is 0 Å². The Morgan fingerprint density at radius 2 is 1.29 bits per heavy atom. The third-order valence-electron chi connectivity index (χ3n) is 5.80. The molecule has 2 rings (SSSR count). The van der Waals surface area contributed by atoms with Gasteiger partial charge in [0, 0.05) is 6.42 Å².